The topological polar surface area (TPSA) is 79.7 Å². The Labute approximate surface area is 141 Å². The first kappa shape index (κ1) is 16.7. The Morgan fingerprint density at radius 2 is 2.04 bits per heavy atom. The molecule has 130 valence electrons. The molecule has 6 nitrogen and oxygen atoms in total. The van der Waals surface area contributed by atoms with E-state index < -0.39 is 11.6 Å². The van der Waals surface area contributed by atoms with E-state index >= 15 is 0 Å². The minimum absolute atomic E-state index is 0.00953. The fourth-order valence-corrected chi connectivity index (χ4v) is 3.33. The number of carboxylic acids is 1. The van der Waals surface area contributed by atoms with Crippen LogP contribution in [-0.2, 0) is 16.0 Å². The quantitative estimate of drug-likeness (QED) is 0.898. The molecule has 1 amide bonds. The first-order chi connectivity index (χ1) is 11.3. The first-order valence-corrected chi connectivity index (χ1v) is 8.49. The van der Waals surface area contributed by atoms with Crippen LogP contribution in [0.25, 0.3) is 0 Å². The van der Waals surface area contributed by atoms with Crippen LogP contribution in [-0.4, -0.2) is 34.3 Å². The number of carbonyl (C=O) groups is 2. The van der Waals surface area contributed by atoms with Crippen LogP contribution < -0.4 is 4.90 Å². The van der Waals surface area contributed by atoms with E-state index in [0.717, 1.165) is 36.3 Å². The zero-order valence-corrected chi connectivity index (χ0v) is 14.4. The summed E-state index contributed by atoms with van der Waals surface area (Å²) < 4.78 is 5.47. The van der Waals surface area contributed by atoms with Crippen molar-refractivity contribution in [2.75, 3.05) is 11.4 Å². The number of aryl methyl sites for hydroxylation is 1. The van der Waals surface area contributed by atoms with Gasteiger partial charge in [0.2, 0.25) is 0 Å². The van der Waals surface area contributed by atoms with E-state index in [1.807, 2.05) is 32.9 Å². The van der Waals surface area contributed by atoms with E-state index in [2.05, 4.69) is 4.98 Å². The molecular weight excluding hydrogens is 308 g/mol. The van der Waals surface area contributed by atoms with Crippen molar-refractivity contribution in [1.82, 2.24) is 4.98 Å². The van der Waals surface area contributed by atoms with Crippen molar-refractivity contribution in [2.45, 2.75) is 58.0 Å². The van der Waals surface area contributed by atoms with Gasteiger partial charge in [-0.15, -0.1) is 0 Å². The average molecular weight is 332 g/mol. The molecule has 0 saturated heterocycles. The van der Waals surface area contributed by atoms with Crippen LogP contribution in [0, 0.1) is 5.92 Å². The molecule has 3 rings (SSSR count). The summed E-state index contributed by atoms with van der Waals surface area (Å²) in [6.07, 6.45) is 2.84. The molecule has 0 bridgehead atoms. The summed E-state index contributed by atoms with van der Waals surface area (Å²) in [5.74, 6) is -1.09. The van der Waals surface area contributed by atoms with Crippen molar-refractivity contribution < 1.29 is 19.4 Å². The maximum absolute atomic E-state index is 12.4. The van der Waals surface area contributed by atoms with Gasteiger partial charge in [-0.3, -0.25) is 14.7 Å². The molecule has 0 aromatic carbocycles. The summed E-state index contributed by atoms with van der Waals surface area (Å²) in [7, 11) is 0. The van der Waals surface area contributed by atoms with Gasteiger partial charge in [-0.2, -0.15) is 0 Å². The number of pyridine rings is 1. The van der Waals surface area contributed by atoms with Gasteiger partial charge in [-0.1, -0.05) is 0 Å². The summed E-state index contributed by atoms with van der Waals surface area (Å²) in [5.41, 5.74) is 1.94. The molecule has 1 aromatic heterocycles. The van der Waals surface area contributed by atoms with Crippen LogP contribution in [0.1, 0.15) is 57.3 Å². The Kier molecular flexibility index (Phi) is 4.24. The molecular formula is C18H24N2O4. The molecule has 2 aliphatic rings. The Bertz CT molecular complexity index is 665. The molecule has 2 unspecified atom stereocenters. The van der Waals surface area contributed by atoms with Crippen LogP contribution >= 0.6 is 0 Å². The molecule has 0 spiro atoms. The van der Waals surface area contributed by atoms with Crippen LogP contribution in [0.4, 0.5) is 10.5 Å². The van der Waals surface area contributed by atoms with Crippen molar-refractivity contribution in [1.29, 1.82) is 0 Å². The number of aliphatic carboxylic acids is 1. The number of rotatable bonds is 2. The second kappa shape index (κ2) is 6.07. The first-order valence-electron chi connectivity index (χ1n) is 8.49. The zero-order valence-electron chi connectivity index (χ0n) is 14.4. The summed E-state index contributed by atoms with van der Waals surface area (Å²) in [6, 6.07) is 3.75. The van der Waals surface area contributed by atoms with E-state index in [0.29, 0.717) is 13.0 Å². The van der Waals surface area contributed by atoms with Gasteiger partial charge in [-0.05, 0) is 58.6 Å². The van der Waals surface area contributed by atoms with Gasteiger partial charge in [0, 0.05) is 18.2 Å². The lowest BCUT2D eigenvalue weighted by Gasteiger charge is -2.35. The second-order valence-electron chi connectivity index (χ2n) is 7.57. The minimum Gasteiger partial charge on any atom is -0.481 e. The molecule has 1 saturated carbocycles. The van der Waals surface area contributed by atoms with Crippen molar-refractivity contribution in [3.05, 3.63) is 23.5 Å². The number of ether oxygens (including phenoxy) is 1. The number of aromatic nitrogens is 1. The van der Waals surface area contributed by atoms with Gasteiger partial charge in [-0.25, -0.2) is 4.79 Å². The normalized spacial score (nSPS) is 23.2. The van der Waals surface area contributed by atoms with Gasteiger partial charge in [0.15, 0.2) is 0 Å². The second-order valence-corrected chi connectivity index (χ2v) is 7.57. The monoisotopic (exact) mass is 332 g/mol. The van der Waals surface area contributed by atoms with E-state index in [1.165, 1.54) is 0 Å². The van der Waals surface area contributed by atoms with Crippen molar-refractivity contribution in [3.8, 4) is 0 Å². The lowest BCUT2D eigenvalue weighted by Crippen LogP contribution is -2.40. The fraction of sp³-hybridized carbons (Fsp3) is 0.611. The van der Waals surface area contributed by atoms with Crippen LogP contribution in [0.2, 0.25) is 0 Å². The molecule has 1 aliphatic heterocycles. The summed E-state index contributed by atoms with van der Waals surface area (Å²) in [6.45, 7) is 6.16. The Balaban J connectivity index is 1.82. The zero-order chi connectivity index (χ0) is 17.5. The number of fused-ring (bicyclic) bond motifs is 1. The molecule has 1 aliphatic carbocycles. The largest absolute Gasteiger partial charge is 0.481 e. The Hall–Kier alpha value is -2.11. The van der Waals surface area contributed by atoms with Crippen LogP contribution in [0.3, 0.4) is 0 Å². The molecule has 2 atom stereocenters. The third-order valence-corrected chi connectivity index (χ3v) is 4.64. The van der Waals surface area contributed by atoms with Gasteiger partial charge >= 0.3 is 12.1 Å². The highest BCUT2D eigenvalue weighted by Gasteiger charge is 2.39. The third-order valence-electron chi connectivity index (χ3n) is 4.64. The number of hydrogen-bond donors (Lipinski definition) is 1. The highest BCUT2D eigenvalue weighted by atomic mass is 16.6. The maximum Gasteiger partial charge on any atom is 0.414 e. The van der Waals surface area contributed by atoms with Gasteiger partial charge < -0.3 is 9.84 Å². The van der Waals surface area contributed by atoms with Crippen LogP contribution in [0.15, 0.2) is 12.1 Å². The van der Waals surface area contributed by atoms with Crippen LogP contribution in [0.5, 0.6) is 0 Å². The fourth-order valence-electron chi connectivity index (χ4n) is 3.33. The smallest absolute Gasteiger partial charge is 0.414 e. The summed E-state index contributed by atoms with van der Waals surface area (Å²) >= 11 is 0. The van der Waals surface area contributed by atoms with Crippen molar-refractivity contribution in [2.24, 2.45) is 5.92 Å². The van der Waals surface area contributed by atoms with E-state index in [-0.39, 0.29) is 17.9 Å². The summed E-state index contributed by atoms with van der Waals surface area (Å²) in [5, 5.41) is 9.23. The van der Waals surface area contributed by atoms with Crippen molar-refractivity contribution in [3.63, 3.8) is 0 Å². The van der Waals surface area contributed by atoms with E-state index in [1.54, 1.807) is 4.90 Å². The Morgan fingerprint density at radius 3 is 2.62 bits per heavy atom. The minimum atomic E-state index is -0.749. The summed E-state index contributed by atoms with van der Waals surface area (Å²) in [4.78, 5) is 30.0. The van der Waals surface area contributed by atoms with E-state index in [9.17, 15) is 14.7 Å². The predicted octanol–water partition coefficient (Wildman–Crippen LogP) is 3.35. The predicted molar refractivity (Wildman–Crippen MR) is 89.2 cm³/mol. The Morgan fingerprint density at radius 1 is 1.29 bits per heavy atom. The highest BCUT2D eigenvalue weighted by molar-refractivity contribution is 5.89. The lowest BCUT2D eigenvalue weighted by molar-refractivity contribution is -0.145. The SMILES string of the molecule is CC(C)(C)OC(=O)N1CCCc2nc(C3CCC3C(=O)O)ccc21. The number of nitrogens with zero attached hydrogens (tertiary/aromatic N) is 2. The number of carbonyl (C=O) groups excluding carboxylic acids is 1. The van der Waals surface area contributed by atoms with Gasteiger partial charge in [0.1, 0.15) is 5.60 Å². The molecule has 2 heterocycles. The lowest BCUT2D eigenvalue weighted by atomic mass is 9.71. The standard InChI is InChI=1S/C18H24N2O4/c1-18(2,3)24-17(23)20-10-4-5-14-15(20)9-8-13(19-14)11-6-7-12(11)16(21)22/h8-9,11-12H,4-7,10H2,1-3H3,(H,21,22). The molecule has 1 aromatic rings. The molecule has 1 N–H and O–H groups in total. The number of amides is 1. The van der Waals surface area contributed by atoms with Gasteiger partial charge in [0.25, 0.3) is 0 Å². The van der Waals surface area contributed by atoms with Crippen molar-refractivity contribution >= 4 is 17.7 Å². The molecule has 24 heavy (non-hydrogen) atoms. The van der Waals surface area contributed by atoms with Gasteiger partial charge in [0.05, 0.1) is 17.3 Å². The number of carboxylic acid groups (broad SMARTS) is 1. The molecule has 0 radical (unpaired) electrons. The molecule has 1 fully saturated rings. The highest BCUT2D eigenvalue weighted by Crippen LogP contribution is 2.42. The number of anilines is 1. The third kappa shape index (κ3) is 3.23. The number of hydrogen-bond acceptors (Lipinski definition) is 4. The maximum atomic E-state index is 12.4. The average Bonchev–Trinajstić information content (AvgIpc) is 2.42. The molecule has 6 heteroatoms. The van der Waals surface area contributed by atoms with E-state index in [4.69, 9.17) is 4.74 Å².